The second kappa shape index (κ2) is 3.68. The Morgan fingerprint density at radius 3 is 2.40 bits per heavy atom. The van der Waals surface area contributed by atoms with Crippen LogP contribution in [0.5, 0.6) is 0 Å². The lowest BCUT2D eigenvalue weighted by molar-refractivity contribution is 0.574. The highest BCUT2D eigenvalue weighted by atomic mass is 19.1. The first-order chi connectivity index (χ1) is 7.13. The molecule has 78 valence electrons. The molecule has 0 unspecified atom stereocenters. The van der Waals surface area contributed by atoms with Crippen LogP contribution in [0.1, 0.15) is 5.56 Å². The molecular weight excluding hydrogens is 200 g/mol. The highest BCUT2D eigenvalue weighted by Crippen LogP contribution is 2.09. The Morgan fingerprint density at radius 2 is 1.87 bits per heavy atom. The molecule has 0 aliphatic heterocycles. The average molecular weight is 209 g/mol. The van der Waals surface area contributed by atoms with Crippen molar-refractivity contribution in [1.29, 1.82) is 0 Å². The second-order valence-corrected chi connectivity index (χ2v) is 3.22. The minimum atomic E-state index is -0.592. The van der Waals surface area contributed by atoms with Crippen molar-refractivity contribution >= 4 is 5.82 Å². The number of nitrogens with two attached hydrogens (primary N) is 1. The molecule has 3 nitrogen and oxygen atoms in total. The number of hydrogen-bond donors (Lipinski definition) is 1. The van der Waals surface area contributed by atoms with Crippen LogP contribution < -0.4 is 5.73 Å². The van der Waals surface area contributed by atoms with E-state index in [1.807, 2.05) is 0 Å². The highest BCUT2D eigenvalue weighted by Gasteiger charge is 2.02. The Balaban J connectivity index is 2.24. The van der Waals surface area contributed by atoms with E-state index >= 15 is 0 Å². The monoisotopic (exact) mass is 209 g/mol. The fourth-order valence-electron chi connectivity index (χ4n) is 1.35. The molecule has 0 fully saturated rings. The van der Waals surface area contributed by atoms with Crippen LogP contribution >= 0.6 is 0 Å². The number of benzene rings is 1. The second-order valence-electron chi connectivity index (χ2n) is 3.22. The lowest BCUT2D eigenvalue weighted by Crippen LogP contribution is -2.02. The van der Waals surface area contributed by atoms with Crippen LogP contribution in [-0.2, 0) is 6.54 Å². The molecule has 0 aliphatic carbocycles. The number of anilines is 1. The summed E-state index contributed by atoms with van der Waals surface area (Å²) in [6.45, 7) is 0.298. The van der Waals surface area contributed by atoms with Crippen molar-refractivity contribution < 1.29 is 8.78 Å². The van der Waals surface area contributed by atoms with Crippen LogP contribution in [0.3, 0.4) is 0 Å². The summed E-state index contributed by atoms with van der Waals surface area (Å²) in [5.41, 5.74) is 5.92. The number of aromatic nitrogens is 2. The molecule has 1 heterocycles. The van der Waals surface area contributed by atoms with Gasteiger partial charge in [0.05, 0.1) is 6.54 Å². The summed E-state index contributed by atoms with van der Waals surface area (Å²) in [6.07, 6.45) is 1.65. The number of nitrogens with zero attached hydrogens (tertiary/aromatic N) is 2. The van der Waals surface area contributed by atoms with Gasteiger partial charge in [-0.1, -0.05) is 0 Å². The molecule has 0 saturated heterocycles. The van der Waals surface area contributed by atoms with Crippen LogP contribution in [-0.4, -0.2) is 9.78 Å². The highest BCUT2D eigenvalue weighted by molar-refractivity contribution is 5.25. The van der Waals surface area contributed by atoms with E-state index in [1.54, 1.807) is 12.3 Å². The molecule has 1 aromatic carbocycles. The van der Waals surface area contributed by atoms with E-state index in [9.17, 15) is 8.78 Å². The van der Waals surface area contributed by atoms with Gasteiger partial charge in [-0.05, 0) is 23.8 Å². The Kier molecular flexibility index (Phi) is 2.37. The first-order valence-corrected chi connectivity index (χ1v) is 4.37. The standard InChI is InChI=1S/C10H9F2N3/c11-8-3-7(4-9(12)5-8)6-15-2-1-10(13)14-15/h1-5H,6H2,(H2,13,14). The summed E-state index contributed by atoms with van der Waals surface area (Å²) in [6, 6.07) is 4.98. The Labute approximate surface area is 85.1 Å². The Morgan fingerprint density at radius 1 is 1.20 bits per heavy atom. The zero-order valence-corrected chi connectivity index (χ0v) is 7.82. The molecule has 0 bridgehead atoms. The number of hydrogen-bond acceptors (Lipinski definition) is 2. The summed E-state index contributed by atoms with van der Waals surface area (Å²) in [7, 11) is 0. The molecule has 0 atom stereocenters. The van der Waals surface area contributed by atoms with Gasteiger partial charge in [0.2, 0.25) is 0 Å². The van der Waals surface area contributed by atoms with Crippen LogP contribution in [0, 0.1) is 11.6 Å². The van der Waals surface area contributed by atoms with E-state index in [4.69, 9.17) is 5.73 Å². The van der Waals surface area contributed by atoms with Crippen LogP contribution in [0.15, 0.2) is 30.5 Å². The Bertz CT molecular complexity index is 459. The smallest absolute Gasteiger partial charge is 0.145 e. The summed E-state index contributed by atoms with van der Waals surface area (Å²) >= 11 is 0. The third kappa shape index (κ3) is 2.31. The van der Waals surface area contributed by atoms with E-state index in [0.717, 1.165) is 6.07 Å². The molecule has 1 aromatic heterocycles. The molecule has 15 heavy (non-hydrogen) atoms. The Hall–Kier alpha value is -1.91. The molecule has 5 heteroatoms. The van der Waals surface area contributed by atoms with Gasteiger partial charge in [-0.2, -0.15) is 5.10 Å². The zero-order chi connectivity index (χ0) is 10.8. The third-order valence-corrected chi connectivity index (χ3v) is 1.93. The molecule has 2 N–H and O–H groups in total. The predicted octanol–water partition coefficient (Wildman–Crippen LogP) is 1.79. The minimum absolute atomic E-state index is 0.298. The lowest BCUT2D eigenvalue weighted by atomic mass is 10.2. The average Bonchev–Trinajstić information content (AvgIpc) is 2.49. The third-order valence-electron chi connectivity index (χ3n) is 1.93. The van der Waals surface area contributed by atoms with Crippen molar-refractivity contribution in [3.63, 3.8) is 0 Å². The van der Waals surface area contributed by atoms with Gasteiger partial charge in [0.1, 0.15) is 17.5 Å². The largest absolute Gasteiger partial charge is 0.382 e. The fourth-order valence-corrected chi connectivity index (χ4v) is 1.35. The van der Waals surface area contributed by atoms with Crippen LogP contribution in [0.4, 0.5) is 14.6 Å². The molecule has 0 spiro atoms. The van der Waals surface area contributed by atoms with E-state index in [0.29, 0.717) is 17.9 Å². The summed E-state index contributed by atoms with van der Waals surface area (Å²) < 4.78 is 27.2. The summed E-state index contributed by atoms with van der Waals surface area (Å²) in [4.78, 5) is 0. The first-order valence-electron chi connectivity index (χ1n) is 4.37. The van der Waals surface area contributed by atoms with Crippen molar-refractivity contribution in [2.75, 3.05) is 5.73 Å². The van der Waals surface area contributed by atoms with Crippen molar-refractivity contribution in [3.8, 4) is 0 Å². The van der Waals surface area contributed by atoms with Crippen LogP contribution in [0.25, 0.3) is 0 Å². The van der Waals surface area contributed by atoms with Crippen molar-refractivity contribution in [2.24, 2.45) is 0 Å². The molecule has 2 aromatic rings. The van der Waals surface area contributed by atoms with Crippen molar-refractivity contribution in [2.45, 2.75) is 6.54 Å². The predicted molar refractivity (Wildman–Crippen MR) is 52.1 cm³/mol. The van der Waals surface area contributed by atoms with Gasteiger partial charge in [-0.25, -0.2) is 8.78 Å². The van der Waals surface area contributed by atoms with E-state index in [2.05, 4.69) is 5.10 Å². The van der Waals surface area contributed by atoms with Crippen molar-refractivity contribution in [1.82, 2.24) is 9.78 Å². The molecule has 0 aliphatic rings. The molecule has 2 rings (SSSR count). The van der Waals surface area contributed by atoms with Gasteiger partial charge in [0.15, 0.2) is 0 Å². The van der Waals surface area contributed by atoms with E-state index in [1.165, 1.54) is 16.8 Å². The minimum Gasteiger partial charge on any atom is -0.382 e. The van der Waals surface area contributed by atoms with Gasteiger partial charge in [0, 0.05) is 12.3 Å². The maximum atomic E-state index is 12.8. The SMILES string of the molecule is Nc1ccn(Cc2cc(F)cc(F)c2)n1. The van der Waals surface area contributed by atoms with Gasteiger partial charge >= 0.3 is 0 Å². The quantitative estimate of drug-likeness (QED) is 0.819. The molecule has 0 saturated carbocycles. The summed E-state index contributed by atoms with van der Waals surface area (Å²) in [5.74, 6) is -0.804. The molecular formula is C10H9F2N3. The normalized spacial score (nSPS) is 10.5. The summed E-state index contributed by atoms with van der Waals surface area (Å²) in [5, 5.41) is 3.91. The van der Waals surface area contributed by atoms with Gasteiger partial charge < -0.3 is 5.73 Å². The fraction of sp³-hybridized carbons (Fsp3) is 0.100. The number of rotatable bonds is 2. The zero-order valence-electron chi connectivity index (χ0n) is 7.82. The van der Waals surface area contributed by atoms with Crippen LogP contribution in [0.2, 0.25) is 0 Å². The lowest BCUT2D eigenvalue weighted by Gasteiger charge is -2.02. The maximum absolute atomic E-state index is 12.8. The molecule has 0 amide bonds. The van der Waals surface area contributed by atoms with E-state index in [-0.39, 0.29) is 0 Å². The number of halogens is 2. The van der Waals surface area contributed by atoms with E-state index < -0.39 is 11.6 Å². The van der Waals surface area contributed by atoms with Gasteiger partial charge in [-0.3, -0.25) is 4.68 Å². The first kappa shape index (κ1) is 9.64. The van der Waals surface area contributed by atoms with Gasteiger partial charge in [0.25, 0.3) is 0 Å². The number of nitrogen functional groups attached to an aromatic ring is 1. The van der Waals surface area contributed by atoms with Crippen molar-refractivity contribution in [3.05, 3.63) is 47.7 Å². The van der Waals surface area contributed by atoms with Gasteiger partial charge in [-0.15, -0.1) is 0 Å². The molecule has 0 radical (unpaired) electrons. The maximum Gasteiger partial charge on any atom is 0.145 e. The topological polar surface area (TPSA) is 43.8 Å².